The van der Waals surface area contributed by atoms with Gasteiger partial charge in [-0.2, -0.15) is 0 Å². The number of rotatable bonds is 6. The third-order valence-electron chi connectivity index (χ3n) is 4.90. The maximum atomic E-state index is 12.9. The van der Waals surface area contributed by atoms with E-state index in [1.807, 2.05) is 0 Å². The van der Waals surface area contributed by atoms with Gasteiger partial charge in [0.15, 0.2) is 0 Å². The van der Waals surface area contributed by atoms with Gasteiger partial charge in [-0.3, -0.25) is 19.3 Å². The highest BCUT2D eigenvalue weighted by Crippen LogP contribution is 2.31. The van der Waals surface area contributed by atoms with Crippen LogP contribution >= 0.6 is 0 Å². The first-order valence-electron chi connectivity index (χ1n) is 9.55. The van der Waals surface area contributed by atoms with Crippen LogP contribution in [0.1, 0.15) is 22.8 Å². The molecule has 0 saturated carbocycles. The number of anilines is 1. The van der Waals surface area contributed by atoms with Crippen LogP contribution in [0.3, 0.4) is 0 Å². The minimum Gasteiger partial charge on any atom is -0.406 e. The number of ether oxygens (including phenoxy) is 1. The van der Waals surface area contributed by atoms with Crippen LogP contribution in [0.25, 0.3) is 0 Å². The Hall–Kier alpha value is -4.09. The van der Waals surface area contributed by atoms with Crippen molar-refractivity contribution in [2.45, 2.75) is 18.8 Å². The Morgan fingerprint density at radius 3 is 2.21 bits per heavy atom. The Morgan fingerprint density at radius 2 is 1.67 bits per heavy atom. The Labute approximate surface area is 185 Å². The van der Waals surface area contributed by atoms with Gasteiger partial charge in [0, 0.05) is 18.3 Å². The van der Waals surface area contributed by atoms with Crippen LogP contribution in [0.2, 0.25) is 0 Å². The Kier molecular flexibility index (Phi) is 6.29. The van der Waals surface area contributed by atoms with Crippen molar-refractivity contribution < 1.29 is 37.1 Å². The van der Waals surface area contributed by atoms with Gasteiger partial charge < -0.3 is 20.7 Å². The minimum absolute atomic E-state index is 0.211. The number of hydrogen-bond acceptors (Lipinski definition) is 5. The van der Waals surface area contributed by atoms with Gasteiger partial charge in [-0.25, -0.2) is 4.79 Å². The zero-order chi connectivity index (χ0) is 24.4. The maximum Gasteiger partial charge on any atom is 0.573 e. The van der Waals surface area contributed by atoms with Gasteiger partial charge in [-0.05, 0) is 48.9 Å². The summed E-state index contributed by atoms with van der Waals surface area (Å²) >= 11 is 0. The molecule has 33 heavy (non-hydrogen) atoms. The summed E-state index contributed by atoms with van der Waals surface area (Å²) in [5.74, 6) is -2.19. The second kappa shape index (κ2) is 8.81. The number of urea groups is 1. The summed E-state index contributed by atoms with van der Waals surface area (Å²) in [5.41, 5.74) is -0.638. The van der Waals surface area contributed by atoms with E-state index in [4.69, 9.17) is 0 Å². The molecular formula is C21H19F3N4O5. The van der Waals surface area contributed by atoms with E-state index in [-0.39, 0.29) is 11.5 Å². The van der Waals surface area contributed by atoms with Crippen LogP contribution in [0, 0.1) is 0 Å². The molecule has 1 heterocycles. The molecule has 174 valence electrons. The SMILES string of the molecule is CNC(=O)c1ccc(NC(=O)CN2C(=O)NC(C)(c3ccc(OC(F)(F)F)cc3)C2=O)cc1. The van der Waals surface area contributed by atoms with Crippen molar-refractivity contribution in [2.24, 2.45) is 0 Å². The highest BCUT2D eigenvalue weighted by molar-refractivity contribution is 6.10. The van der Waals surface area contributed by atoms with Gasteiger partial charge in [0.1, 0.15) is 17.8 Å². The molecule has 12 heteroatoms. The van der Waals surface area contributed by atoms with Gasteiger partial charge >= 0.3 is 12.4 Å². The summed E-state index contributed by atoms with van der Waals surface area (Å²) in [6.07, 6.45) is -4.87. The Morgan fingerprint density at radius 1 is 1.06 bits per heavy atom. The smallest absolute Gasteiger partial charge is 0.406 e. The lowest BCUT2D eigenvalue weighted by Gasteiger charge is -2.22. The summed E-state index contributed by atoms with van der Waals surface area (Å²) in [4.78, 5) is 49.9. The number of nitrogens with one attached hydrogen (secondary N) is 3. The quantitative estimate of drug-likeness (QED) is 0.568. The summed E-state index contributed by atoms with van der Waals surface area (Å²) in [6, 6.07) is 9.61. The highest BCUT2D eigenvalue weighted by atomic mass is 19.4. The van der Waals surface area contributed by atoms with Crippen LogP contribution in [0.15, 0.2) is 48.5 Å². The van der Waals surface area contributed by atoms with Gasteiger partial charge in [-0.1, -0.05) is 12.1 Å². The average Bonchev–Trinajstić information content (AvgIpc) is 2.97. The van der Waals surface area contributed by atoms with Crippen molar-refractivity contribution in [1.82, 2.24) is 15.5 Å². The van der Waals surface area contributed by atoms with Gasteiger partial charge in [0.25, 0.3) is 11.8 Å². The molecule has 1 fully saturated rings. The largest absolute Gasteiger partial charge is 0.573 e. The third-order valence-corrected chi connectivity index (χ3v) is 4.90. The van der Waals surface area contributed by atoms with E-state index < -0.39 is 42.0 Å². The molecule has 0 spiro atoms. The molecule has 2 aromatic carbocycles. The number of carbonyl (C=O) groups excluding carboxylic acids is 4. The van der Waals surface area contributed by atoms with Gasteiger partial charge in [0.2, 0.25) is 5.91 Å². The number of nitrogens with zero attached hydrogens (tertiary/aromatic N) is 1. The predicted molar refractivity (Wildman–Crippen MR) is 109 cm³/mol. The number of benzene rings is 2. The molecule has 0 radical (unpaired) electrons. The number of halogens is 3. The van der Waals surface area contributed by atoms with Crippen molar-refractivity contribution in [1.29, 1.82) is 0 Å². The fraction of sp³-hybridized carbons (Fsp3) is 0.238. The zero-order valence-corrected chi connectivity index (χ0v) is 17.4. The first-order valence-corrected chi connectivity index (χ1v) is 9.55. The molecule has 2 aromatic rings. The van der Waals surface area contributed by atoms with Crippen LogP contribution in [-0.4, -0.2) is 48.6 Å². The standard InChI is InChI=1S/C21H19F3N4O5/c1-20(13-5-9-15(10-6-13)33-21(22,23)24)18(31)28(19(32)27-20)11-16(29)26-14-7-3-12(4-8-14)17(30)25-2/h3-10H,11H2,1-2H3,(H,25,30)(H,26,29)(H,27,32). The number of hydrogen-bond donors (Lipinski definition) is 3. The van der Waals surface area contributed by atoms with Gasteiger partial charge in [0.05, 0.1) is 0 Å². The lowest BCUT2D eigenvalue weighted by atomic mass is 9.92. The first kappa shape index (κ1) is 23.6. The number of amides is 5. The predicted octanol–water partition coefficient (Wildman–Crippen LogP) is 2.35. The summed E-state index contributed by atoms with van der Waals surface area (Å²) in [5, 5.41) is 7.44. The summed E-state index contributed by atoms with van der Waals surface area (Å²) < 4.78 is 40.8. The molecule has 3 rings (SSSR count). The van der Waals surface area contributed by atoms with Crippen molar-refractivity contribution in [3.63, 3.8) is 0 Å². The molecule has 1 saturated heterocycles. The normalized spacial score (nSPS) is 18.0. The number of imide groups is 1. The second-order valence-corrected chi connectivity index (χ2v) is 7.22. The van der Waals surface area contributed by atoms with E-state index in [0.29, 0.717) is 16.2 Å². The molecule has 5 amide bonds. The highest BCUT2D eigenvalue weighted by Gasteiger charge is 2.49. The number of carbonyl (C=O) groups is 4. The fourth-order valence-electron chi connectivity index (χ4n) is 3.22. The molecule has 0 aliphatic carbocycles. The fourth-order valence-corrected chi connectivity index (χ4v) is 3.22. The second-order valence-electron chi connectivity index (χ2n) is 7.22. The molecule has 1 aliphatic rings. The van der Waals surface area contributed by atoms with Crippen molar-refractivity contribution in [2.75, 3.05) is 18.9 Å². The molecule has 1 aliphatic heterocycles. The van der Waals surface area contributed by atoms with Crippen LogP contribution in [0.4, 0.5) is 23.7 Å². The maximum absolute atomic E-state index is 12.9. The monoisotopic (exact) mass is 464 g/mol. The van der Waals surface area contributed by atoms with Crippen LogP contribution in [-0.2, 0) is 15.1 Å². The van der Waals surface area contributed by atoms with E-state index in [9.17, 15) is 32.3 Å². The van der Waals surface area contributed by atoms with E-state index in [1.54, 1.807) is 0 Å². The molecule has 0 bridgehead atoms. The van der Waals surface area contributed by atoms with E-state index in [2.05, 4.69) is 20.7 Å². The molecule has 9 nitrogen and oxygen atoms in total. The van der Waals surface area contributed by atoms with E-state index in [0.717, 1.165) is 12.1 Å². The van der Waals surface area contributed by atoms with Crippen molar-refractivity contribution >= 4 is 29.4 Å². The molecule has 3 N–H and O–H groups in total. The van der Waals surface area contributed by atoms with Crippen molar-refractivity contribution in [3.8, 4) is 5.75 Å². The third kappa shape index (κ3) is 5.22. The Bertz CT molecular complexity index is 1090. The summed E-state index contributed by atoms with van der Waals surface area (Å²) in [7, 11) is 1.48. The molecule has 0 aromatic heterocycles. The minimum atomic E-state index is -4.87. The van der Waals surface area contributed by atoms with E-state index in [1.165, 1.54) is 50.4 Å². The molecule has 1 atom stereocenters. The van der Waals surface area contributed by atoms with Gasteiger partial charge in [-0.15, -0.1) is 13.2 Å². The summed E-state index contributed by atoms with van der Waals surface area (Å²) in [6.45, 7) is 0.787. The lowest BCUT2D eigenvalue weighted by molar-refractivity contribution is -0.274. The first-order chi connectivity index (χ1) is 15.4. The molecular weight excluding hydrogens is 445 g/mol. The molecule has 1 unspecified atom stereocenters. The Balaban J connectivity index is 1.68. The average molecular weight is 464 g/mol. The van der Waals surface area contributed by atoms with Crippen molar-refractivity contribution in [3.05, 3.63) is 59.7 Å². The van der Waals surface area contributed by atoms with Crippen LogP contribution < -0.4 is 20.7 Å². The topological polar surface area (TPSA) is 117 Å². The van der Waals surface area contributed by atoms with E-state index >= 15 is 0 Å². The lowest BCUT2D eigenvalue weighted by Crippen LogP contribution is -2.42. The van der Waals surface area contributed by atoms with Crippen LogP contribution in [0.5, 0.6) is 5.75 Å². The number of alkyl halides is 3. The zero-order valence-electron chi connectivity index (χ0n) is 17.4.